The first kappa shape index (κ1) is 20.8. The second kappa shape index (κ2) is 8.70. The first-order valence-electron chi connectivity index (χ1n) is 10.7. The van der Waals surface area contributed by atoms with Crippen molar-refractivity contribution >= 4 is 10.9 Å². The minimum atomic E-state index is 0.482. The van der Waals surface area contributed by atoms with Crippen molar-refractivity contribution in [1.82, 2.24) is 14.4 Å². The molecule has 2 heterocycles. The fraction of sp³-hybridized carbons (Fsp3) is 0.440. The molecule has 1 saturated heterocycles. The highest BCUT2D eigenvalue weighted by molar-refractivity contribution is 5.84. The quantitative estimate of drug-likeness (QED) is 0.589. The summed E-state index contributed by atoms with van der Waals surface area (Å²) in [7, 11) is 8.24. The standard InChI is InChI=1S/C25H33N3O2/c1-6-30-25-13-18(11-12-24(25)29-5)14-28-16-21(23(17-28)26(2)3)20-15-27(4)22-10-8-7-9-19(20)22/h7-13,15,21,23H,6,14,16-17H2,1-5H3/t21-,23+/m0/s1. The molecule has 0 saturated carbocycles. The number of methoxy groups -OCH3 is 1. The van der Waals surface area contributed by atoms with Gasteiger partial charge in [-0.05, 0) is 50.3 Å². The Balaban J connectivity index is 1.59. The zero-order chi connectivity index (χ0) is 21.3. The molecule has 2 atom stereocenters. The van der Waals surface area contributed by atoms with Gasteiger partial charge in [0.05, 0.1) is 13.7 Å². The number of hydrogen-bond donors (Lipinski definition) is 0. The molecule has 5 heteroatoms. The van der Waals surface area contributed by atoms with Gasteiger partial charge in [0.25, 0.3) is 0 Å². The molecule has 1 aliphatic heterocycles. The van der Waals surface area contributed by atoms with Gasteiger partial charge in [0, 0.05) is 55.7 Å². The Bertz CT molecular complexity index is 1010. The van der Waals surface area contributed by atoms with Gasteiger partial charge < -0.3 is 18.9 Å². The van der Waals surface area contributed by atoms with E-state index in [0.29, 0.717) is 18.6 Å². The molecular formula is C25H33N3O2. The normalized spacial score (nSPS) is 19.7. The van der Waals surface area contributed by atoms with E-state index in [-0.39, 0.29) is 0 Å². The monoisotopic (exact) mass is 407 g/mol. The number of likely N-dealkylation sites (tertiary alicyclic amines) is 1. The number of benzene rings is 2. The lowest BCUT2D eigenvalue weighted by atomic mass is 9.93. The summed E-state index contributed by atoms with van der Waals surface area (Å²) in [6.07, 6.45) is 2.33. The molecule has 1 aromatic heterocycles. The Hall–Kier alpha value is -2.50. The lowest BCUT2D eigenvalue weighted by molar-refractivity contribution is 0.259. The van der Waals surface area contributed by atoms with Crippen molar-refractivity contribution in [3.63, 3.8) is 0 Å². The zero-order valence-corrected chi connectivity index (χ0v) is 18.8. The van der Waals surface area contributed by atoms with Crippen molar-refractivity contribution in [3.8, 4) is 11.5 Å². The van der Waals surface area contributed by atoms with E-state index in [1.165, 1.54) is 22.0 Å². The van der Waals surface area contributed by atoms with Gasteiger partial charge in [0.1, 0.15) is 0 Å². The summed E-state index contributed by atoms with van der Waals surface area (Å²) < 4.78 is 13.5. The van der Waals surface area contributed by atoms with Crippen LogP contribution in [0.1, 0.15) is 24.0 Å². The smallest absolute Gasteiger partial charge is 0.161 e. The molecule has 4 rings (SSSR count). The largest absolute Gasteiger partial charge is 0.493 e. The zero-order valence-electron chi connectivity index (χ0n) is 18.8. The number of hydrogen-bond acceptors (Lipinski definition) is 4. The highest BCUT2D eigenvalue weighted by Crippen LogP contribution is 2.36. The Kier molecular flexibility index (Phi) is 6.02. The van der Waals surface area contributed by atoms with Crippen LogP contribution in [0.4, 0.5) is 0 Å². The Morgan fingerprint density at radius 1 is 1.07 bits per heavy atom. The fourth-order valence-electron chi connectivity index (χ4n) is 4.84. The molecule has 160 valence electrons. The second-order valence-corrected chi connectivity index (χ2v) is 8.46. The Labute approximate surface area is 179 Å². The number of ether oxygens (including phenoxy) is 2. The van der Waals surface area contributed by atoms with Crippen molar-refractivity contribution < 1.29 is 9.47 Å². The molecule has 2 aromatic carbocycles. The van der Waals surface area contributed by atoms with Crippen LogP contribution < -0.4 is 9.47 Å². The van der Waals surface area contributed by atoms with Gasteiger partial charge in [0.15, 0.2) is 11.5 Å². The number of nitrogens with zero attached hydrogens (tertiary/aromatic N) is 3. The van der Waals surface area contributed by atoms with Gasteiger partial charge in [-0.15, -0.1) is 0 Å². The van der Waals surface area contributed by atoms with E-state index < -0.39 is 0 Å². The lowest BCUT2D eigenvalue weighted by Crippen LogP contribution is -2.34. The fourth-order valence-corrected chi connectivity index (χ4v) is 4.84. The third-order valence-corrected chi connectivity index (χ3v) is 6.29. The molecule has 1 fully saturated rings. The van der Waals surface area contributed by atoms with Crippen molar-refractivity contribution in [3.05, 3.63) is 59.8 Å². The van der Waals surface area contributed by atoms with Crippen LogP contribution in [0, 0.1) is 0 Å². The van der Waals surface area contributed by atoms with Gasteiger partial charge in [0.2, 0.25) is 0 Å². The first-order valence-corrected chi connectivity index (χ1v) is 10.7. The molecule has 0 aliphatic carbocycles. The Morgan fingerprint density at radius 3 is 2.60 bits per heavy atom. The van der Waals surface area contributed by atoms with E-state index >= 15 is 0 Å². The highest BCUT2D eigenvalue weighted by Gasteiger charge is 2.36. The van der Waals surface area contributed by atoms with E-state index in [9.17, 15) is 0 Å². The number of likely N-dealkylation sites (N-methyl/N-ethyl adjacent to an activating group) is 1. The third-order valence-electron chi connectivity index (χ3n) is 6.29. The molecular weight excluding hydrogens is 374 g/mol. The van der Waals surface area contributed by atoms with E-state index in [1.54, 1.807) is 7.11 Å². The summed E-state index contributed by atoms with van der Waals surface area (Å²) in [5, 5.41) is 1.38. The number of aryl methyl sites for hydroxylation is 1. The van der Waals surface area contributed by atoms with E-state index in [4.69, 9.17) is 9.47 Å². The predicted molar refractivity (Wildman–Crippen MR) is 123 cm³/mol. The molecule has 0 bridgehead atoms. The molecule has 1 aliphatic rings. The van der Waals surface area contributed by atoms with Gasteiger partial charge in [-0.2, -0.15) is 0 Å². The third kappa shape index (κ3) is 3.92. The maximum Gasteiger partial charge on any atom is 0.161 e. The summed E-state index contributed by atoms with van der Waals surface area (Å²) in [5.74, 6) is 2.10. The minimum absolute atomic E-state index is 0.482. The van der Waals surface area contributed by atoms with Gasteiger partial charge in [-0.3, -0.25) is 4.90 Å². The van der Waals surface area contributed by atoms with Crippen LogP contribution in [-0.2, 0) is 13.6 Å². The summed E-state index contributed by atoms with van der Waals surface area (Å²) in [6.45, 7) is 5.65. The maximum absolute atomic E-state index is 5.78. The predicted octanol–water partition coefficient (Wildman–Crippen LogP) is 4.12. The van der Waals surface area contributed by atoms with E-state index in [1.807, 2.05) is 13.0 Å². The topological polar surface area (TPSA) is 29.9 Å². The van der Waals surface area contributed by atoms with Crippen LogP contribution in [-0.4, -0.2) is 61.3 Å². The number of aromatic nitrogens is 1. The average Bonchev–Trinajstić information content (AvgIpc) is 3.30. The van der Waals surface area contributed by atoms with E-state index in [2.05, 4.69) is 78.1 Å². The molecule has 5 nitrogen and oxygen atoms in total. The van der Waals surface area contributed by atoms with Crippen LogP contribution >= 0.6 is 0 Å². The minimum Gasteiger partial charge on any atom is -0.493 e. The summed E-state index contributed by atoms with van der Waals surface area (Å²) in [6, 6.07) is 15.5. The molecule has 0 unspecified atom stereocenters. The molecule has 0 spiro atoms. The van der Waals surface area contributed by atoms with Crippen LogP contribution in [0.25, 0.3) is 10.9 Å². The average molecular weight is 408 g/mol. The highest BCUT2D eigenvalue weighted by atomic mass is 16.5. The second-order valence-electron chi connectivity index (χ2n) is 8.46. The lowest BCUT2D eigenvalue weighted by Gasteiger charge is -2.25. The molecule has 0 amide bonds. The number of para-hydroxylation sites is 1. The van der Waals surface area contributed by atoms with Gasteiger partial charge >= 0.3 is 0 Å². The first-order chi connectivity index (χ1) is 14.5. The van der Waals surface area contributed by atoms with E-state index in [0.717, 1.165) is 31.1 Å². The Morgan fingerprint density at radius 2 is 1.87 bits per heavy atom. The number of fused-ring (bicyclic) bond motifs is 1. The van der Waals surface area contributed by atoms with Crippen molar-refractivity contribution in [1.29, 1.82) is 0 Å². The van der Waals surface area contributed by atoms with Crippen LogP contribution in [0.3, 0.4) is 0 Å². The molecule has 0 radical (unpaired) electrons. The van der Waals surface area contributed by atoms with Crippen molar-refractivity contribution in [2.75, 3.05) is 40.9 Å². The van der Waals surface area contributed by atoms with Crippen molar-refractivity contribution in [2.24, 2.45) is 7.05 Å². The molecule has 3 aromatic rings. The summed E-state index contributed by atoms with van der Waals surface area (Å²) >= 11 is 0. The van der Waals surface area contributed by atoms with Crippen molar-refractivity contribution in [2.45, 2.75) is 25.4 Å². The molecule has 30 heavy (non-hydrogen) atoms. The van der Waals surface area contributed by atoms with Gasteiger partial charge in [-0.1, -0.05) is 24.3 Å². The van der Waals surface area contributed by atoms with Crippen LogP contribution in [0.2, 0.25) is 0 Å². The SMILES string of the molecule is CCOc1cc(CN2C[C@@H](N(C)C)[C@H](c3cn(C)c4ccccc34)C2)ccc1OC. The number of rotatable bonds is 7. The summed E-state index contributed by atoms with van der Waals surface area (Å²) in [5.41, 5.74) is 4.02. The van der Waals surface area contributed by atoms with Crippen LogP contribution in [0.15, 0.2) is 48.7 Å². The maximum atomic E-state index is 5.78. The molecule has 0 N–H and O–H groups in total. The van der Waals surface area contributed by atoms with Gasteiger partial charge in [-0.25, -0.2) is 0 Å². The van der Waals surface area contributed by atoms with Crippen LogP contribution in [0.5, 0.6) is 11.5 Å². The summed E-state index contributed by atoms with van der Waals surface area (Å²) in [4.78, 5) is 4.95.